The smallest absolute Gasteiger partial charge is 0.271 e. The van der Waals surface area contributed by atoms with Crippen LogP contribution in [0.15, 0.2) is 16.6 Å². The van der Waals surface area contributed by atoms with Crippen molar-refractivity contribution in [1.82, 2.24) is 8.01 Å². The first-order valence-corrected chi connectivity index (χ1v) is 7.31. The van der Waals surface area contributed by atoms with Gasteiger partial charge in [0.25, 0.3) is 5.91 Å². The summed E-state index contributed by atoms with van der Waals surface area (Å²) in [7, 11) is 0. The molecule has 0 aromatic rings. The highest BCUT2D eigenvalue weighted by molar-refractivity contribution is 14.1. The van der Waals surface area contributed by atoms with Crippen molar-refractivity contribution in [3.05, 3.63) is 11.6 Å². The van der Waals surface area contributed by atoms with Crippen molar-refractivity contribution in [2.24, 2.45) is 4.99 Å². The summed E-state index contributed by atoms with van der Waals surface area (Å²) in [5.41, 5.74) is 1.000. The molecule has 1 heterocycles. The van der Waals surface area contributed by atoms with Gasteiger partial charge in [-0.15, -0.1) is 0 Å². The number of nitrogens with zero attached hydrogens (tertiary/aromatic N) is 3. The molecule has 0 radical (unpaired) electrons. The lowest BCUT2D eigenvalue weighted by atomic mass is 10.2. The summed E-state index contributed by atoms with van der Waals surface area (Å²) in [4.78, 5) is 30.1. The predicted octanol–water partition coefficient (Wildman–Crippen LogP) is 3.15. The number of rotatable bonds is 3. The number of halogens is 1. The van der Waals surface area contributed by atoms with Gasteiger partial charge in [0, 0.05) is 6.04 Å². The first-order chi connectivity index (χ1) is 8.79. The van der Waals surface area contributed by atoms with Crippen LogP contribution >= 0.6 is 22.9 Å². The summed E-state index contributed by atoms with van der Waals surface area (Å²) < 4.78 is 1.45. The van der Waals surface area contributed by atoms with Gasteiger partial charge < -0.3 is 0 Å². The van der Waals surface area contributed by atoms with Crippen molar-refractivity contribution in [2.75, 3.05) is 0 Å². The molecule has 0 aromatic heterocycles. The molecule has 1 rings (SSSR count). The van der Waals surface area contributed by atoms with Crippen LogP contribution in [0.5, 0.6) is 0 Å². The second-order valence-electron chi connectivity index (χ2n) is 4.99. The van der Waals surface area contributed by atoms with E-state index in [4.69, 9.17) is 0 Å². The molecule has 1 aliphatic heterocycles. The Morgan fingerprint density at radius 1 is 1.42 bits per heavy atom. The van der Waals surface area contributed by atoms with Crippen LogP contribution in [0.4, 0.5) is 4.79 Å². The molecule has 19 heavy (non-hydrogen) atoms. The van der Waals surface area contributed by atoms with E-state index in [0.29, 0.717) is 12.3 Å². The molecule has 1 fully saturated rings. The van der Waals surface area contributed by atoms with Crippen molar-refractivity contribution in [1.29, 1.82) is 0 Å². The summed E-state index contributed by atoms with van der Waals surface area (Å²) >= 11 is 1.90. The van der Waals surface area contributed by atoms with E-state index in [0.717, 1.165) is 5.57 Å². The lowest BCUT2D eigenvalue weighted by Gasteiger charge is -2.15. The van der Waals surface area contributed by atoms with Crippen LogP contribution in [0.1, 0.15) is 41.0 Å². The second kappa shape index (κ2) is 6.49. The Morgan fingerprint density at radius 2 is 2.00 bits per heavy atom. The third kappa shape index (κ3) is 3.55. The van der Waals surface area contributed by atoms with E-state index >= 15 is 0 Å². The lowest BCUT2D eigenvalue weighted by Crippen LogP contribution is -2.37. The molecule has 1 atom stereocenters. The van der Waals surface area contributed by atoms with Crippen molar-refractivity contribution in [2.45, 2.75) is 53.1 Å². The number of hydrogen-bond acceptors (Lipinski definition) is 3. The van der Waals surface area contributed by atoms with Gasteiger partial charge in [0.1, 0.15) is 11.9 Å². The number of imide groups is 1. The standard InChI is InChI=1S/C13H20IN3O2/c1-6-10-12(18)16(13(19)17(10)14)11(7-8(2)3)15-9(4)5/h7,9-10H,6H2,1-5H3/t10-/m1/s1. The van der Waals surface area contributed by atoms with Gasteiger partial charge in [-0.25, -0.2) is 9.69 Å². The number of aliphatic imine (C=N–C) groups is 1. The normalized spacial score (nSPS) is 20.6. The summed E-state index contributed by atoms with van der Waals surface area (Å²) in [5.74, 6) is 0.237. The molecule has 0 aliphatic carbocycles. The van der Waals surface area contributed by atoms with Crippen molar-refractivity contribution < 1.29 is 9.59 Å². The van der Waals surface area contributed by atoms with Crippen LogP contribution in [0.3, 0.4) is 0 Å². The van der Waals surface area contributed by atoms with E-state index in [1.54, 1.807) is 6.08 Å². The third-order valence-corrected chi connectivity index (χ3v) is 3.66. The molecule has 1 aliphatic rings. The van der Waals surface area contributed by atoms with Gasteiger partial charge in [0.2, 0.25) is 0 Å². The number of hydrogen-bond donors (Lipinski definition) is 0. The minimum Gasteiger partial charge on any atom is -0.271 e. The Bertz CT molecular complexity index is 439. The fourth-order valence-corrected chi connectivity index (χ4v) is 2.65. The topological polar surface area (TPSA) is 53.0 Å². The summed E-state index contributed by atoms with van der Waals surface area (Å²) in [6.07, 6.45) is 2.38. The molecule has 0 spiro atoms. The fraction of sp³-hybridized carbons (Fsp3) is 0.615. The van der Waals surface area contributed by atoms with Crippen molar-refractivity contribution >= 4 is 40.6 Å². The maximum atomic E-state index is 12.3. The molecule has 0 aromatic carbocycles. The van der Waals surface area contributed by atoms with Crippen molar-refractivity contribution in [3.63, 3.8) is 0 Å². The number of allylic oxidation sites excluding steroid dienone is 1. The van der Waals surface area contributed by atoms with Gasteiger partial charge in [0.15, 0.2) is 0 Å². The molecule has 3 amide bonds. The monoisotopic (exact) mass is 377 g/mol. The van der Waals surface area contributed by atoms with Crippen LogP contribution in [0.2, 0.25) is 0 Å². The molecule has 0 N–H and O–H groups in total. The first kappa shape index (κ1) is 16.1. The minimum absolute atomic E-state index is 0.0227. The van der Waals surface area contributed by atoms with Crippen LogP contribution in [0.25, 0.3) is 0 Å². The van der Waals surface area contributed by atoms with E-state index in [1.165, 1.54) is 8.01 Å². The number of carbonyl (C=O) groups excluding carboxylic acids is 2. The summed E-state index contributed by atoms with van der Waals surface area (Å²) in [6.45, 7) is 9.57. The lowest BCUT2D eigenvalue weighted by molar-refractivity contribution is -0.125. The Hall–Kier alpha value is -0.920. The van der Waals surface area contributed by atoms with Gasteiger partial charge in [0.05, 0.1) is 22.9 Å². The largest absolute Gasteiger partial charge is 0.342 e. The van der Waals surface area contributed by atoms with E-state index < -0.39 is 6.04 Å². The molecule has 5 nitrogen and oxygen atoms in total. The second-order valence-corrected chi connectivity index (χ2v) is 6.03. The zero-order chi connectivity index (χ0) is 14.7. The summed E-state index contributed by atoms with van der Waals surface area (Å²) in [6, 6.07) is -0.681. The molecule has 6 heteroatoms. The average molecular weight is 377 g/mol. The molecule has 0 unspecified atom stereocenters. The van der Waals surface area contributed by atoms with E-state index in [2.05, 4.69) is 4.99 Å². The Labute approximate surface area is 128 Å². The molecular formula is C13H20IN3O2. The number of urea groups is 1. The highest BCUT2D eigenvalue weighted by Crippen LogP contribution is 2.25. The Balaban J connectivity index is 3.21. The fourth-order valence-electron chi connectivity index (χ4n) is 1.80. The molecule has 1 saturated heterocycles. The molecule has 0 saturated carbocycles. The average Bonchev–Trinajstić information content (AvgIpc) is 2.48. The van der Waals surface area contributed by atoms with Crippen LogP contribution in [0, 0.1) is 0 Å². The highest BCUT2D eigenvalue weighted by Gasteiger charge is 2.45. The first-order valence-electron chi connectivity index (χ1n) is 6.35. The number of carbonyl (C=O) groups is 2. The Morgan fingerprint density at radius 3 is 2.37 bits per heavy atom. The van der Waals surface area contributed by atoms with E-state index in [9.17, 15) is 9.59 Å². The zero-order valence-electron chi connectivity index (χ0n) is 12.0. The van der Waals surface area contributed by atoms with Gasteiger partial charge in [-0.05, 0) is 40.2 Å². The SMILES string of the molecule is CC[C@@H]1C(=O)N(C(C=C(C)C)=NC(C)C)C(=O)N1I. The van der Waals surface area contributed by atoms with Gasteiger partial charge in [-0.1, -0.05) is 12.5 Å². The number of amides is 3. The molecular weight excluding hydrogens is 357 g/mol. The molecule has 0 bridgehead atoms. The van der Waals surface area contributed by atoms with E-state index in [-0.39, 0.29) is 18.0 Å². The molecule has 106 valence electrons. The van der Waals surface area contributed by atoms with Gasteiger partial charge >= 0.3 is 6.03 Å². The highest BCUT2D eigenvalue weighted by atomic mass is 127. The van der Waals surface area contributed by atoms with Crippen LogP contribution < -0.4 is 0 Å². The number of amidine groups is 1. The predicted molar refractivity (Wildman–Crippen MR) is 84.2 cm³/mol. The minimum atomic E-state index is -0.393. The van der Waals surface area contributed by atoms with Crippen molar-refractivity contribution in [3.8, 4) is 0 Å². The quantitative estimate of drug-likeness (QED) is 0.250. The third-order valence-electron chi connectivity index (χ3n) is 2.58. The zero-order valence-corrected chi connectivity index (χ0v) is 14.1. The van der Waals surface area contributed by atoms with E-state index in [1.807, 2.05) is 57.5 Å². The van der Waals surface area contributed by atoms with Crippen LogP contribution in [-0.4, -0.2) is 37.9 Å². The Kier molecular flexibility index (Phi) is 5.51. The van der Waals surface area contributed by atoms with Crippen LogP contribution in [-0.2, 0) is 4.79 Å². The summed E-state index contributed by atoms with van der Waals surface area (Å²) in [5, 5.41) is 0. The maximum Gasteiger partial charge on any atom is 0.342 e. The van der Waals surface area contributed by atoms with Gasteiger partial charge in [-0.3, -0.25) is 12.9 Å². The maximum absolute atomic E-state index is 12.3. The van der Waals surface area contributed by atoms with Gasteiger partial charge in [-0.2, -0.15) is 0 Å².